The Bertz CT molecular complexity index is 727. The molecule has 1 aliphatic heterocycles. The van der Waals surface area contributed by atoms with E-state index in [0.29, 0.717) is 35.7 Å². The van der Waals surface area contributed by atoms with Crippen LogP contribution >= 0.6 is 0 Å². The van der Waals surface area contributed by atoms with E-state index < -0.39 is 5.97 Å². The number of hydrogen-bond acceptors (Lipinski definition) is 4. The Morgan fingerprint density at radius 1 is 1.25 bits per heavy atom. The fourth-order valence-corrected chi connectivity index (χ4v) is 2.53. The minimum atomic E-state index is -0.824. The lowest BCUT2D eigenvalue weighted by Crippen LogP contribution is -2.14. The van der Waals surface area contributed by atoms with Gasteiger partial charge in [-0.25, -0.2) is 4.39 Å². The molecule has 0 saturated heterocycles. The fraction of sp³-hybridized carbons (Fsp3) is 0.278. The molecule has 126 valence electrons. The third kappa shape index (κ3) is 4.02. The number of halogens is 1. The van der Waals surface area contributed by atoms with E-state index in [1.807, 2.05) is 12.1 Å². The van der Waals surface area contributed by atoms with Crippen LogP contribution in [0.15, 0.2) is 36.4 Å². The number of hydrogen-bond donors (Lipinski definition) is 1. The van der Waals surface area contributed by atoms with E-state index in [4.69, 9.17) is 19.3 Å². The molecule has 0 unspecified atom stereocenters. The number of carbonyl (C=O) groups is 1. The van der Waals surface area contributed by atoms with Gasteiger partial charge in [0.1, 0.15) is 23.9 Å². The van der Waals surface area contributed by atoms with E-state index in [2.05, 4.69) is 0 Å². The number of rotatable bonds is 6. The molecule has 3 rings (SSSR count). The lowest BCUT2D eigenvalue weighted by atomic mass is 10.1. The minimum absolute atomic E-state index is 0.0923. The topological polar surface area (TPSA) is 65.0 Å². The second kappa shape index (κ2) is 7.31. The number of benzene rings is 2. The molecule has 5 nitrogen and oxygen atoms in total. The monoisotopic (exact) mass is 332 g/mol. The first-order valence-corrected chi connectivity index (χ1v) is 7.57. The zero-order chi connectivity index (χ0) is 16.9. The molecule has 0 atom stereocenters. The molecule has 0 aliphatic carbocycles. The molecule has 2 aromatic carbocycles. The van der Waals surface area contributed by atoms with Crippen molar-refractivity contribution in [3.8, 4) is 11.5 Å². The predicted molar refractivity (Wildman–Crippen MR) is 83.4 cm³/mol. The average molecular weight is 332 g/mol. The Labute approximate surface area is 138 Å². The molecule has 6 heteroatoms. The second-order valence-electron chi connectivity index (χ2n) is 5.49. The molecule has 0 saturated carbocycles. The van der Waals surface area contributed by atoms with Crippen molar-refractivity contribution in [2.24, 2.45) is 0 Å². The zero-order valence-electron chi connectivity index (χ0n) is 13.0. The highest BCUT2D eigenvalue weighted by Gasteiger charge is 2.17. The molecule has 1 heterocycles. The van der Waals surface area contributed by atoms with Crippen molar-refractivity contribution in [2.75, 3.05) is 6.79 Å². The van der Waals surface area contributed by atoms with E-state index in [1.54, 1.807) is 12.1 Å². The van der Waals surface area contributed by atoms with Crippen molar-refractivity contribution in [1.29, 1.82) is 0 Å². The van der Waals surface area contributed by atoms with E-state index in [9.17, 15) is 9.18 Å². The number of aliphatic carboxylic acids is 1. The van der Waals surface area contributed by atoms with Gasteiger partial charge in [0.15, 0.2) is 6.79 Å². The van der Waals surface area contributed by atoms with Crippen molar-refractivity contribution < 1.29 is 28.5 Å². The number of ether oxygens (including phenoxy) is 3. The van der Waals surface area contributed by atoms with Gasteiger partial charge in [-0.15, -0.1) is 0 Å². The van der Waals surface area contributed by atoms with Gasteiger partial charge in [-0.2, -0.15) is 0 Å². The Morgan fingerprint density at radius 3 is 2.79 bits per heavy atom. The SMILES string of the molecule is O=C(O)CCc1ccc(OCc2cc(F)cc3c2OCOC3)cc1. The van der Waals surface area contributed by atoms with Gasteiger partial charge >= 0.3 is 5.97 Å². The van der Waals surface area contributed by atoms with Crippen LogP contribution in [0, 0.1) is 5.82 Å². The molecule has 0 fully saturated rings. The maximum atomic E-state index is 13.7. The van der Waals surface area contributed by atoms with Crippen molar-refractivity contribution in [3.63, 3.8) is 0 Å². The van der Waals surface area contributed by atoms with Gasteiger partial charge in [0.25, 0.3) is 0 Å². The molecular weight excluding hydrogens is 315 g/mol. The van der Waals surface area contributed by atoms with Crippen LogP contribution in [0.3, 0.4) is 0 Å². The fourth-order valence-electron chi connectivity index (χ4n) is 2.53. The zero-order valence-corrected chi connectivity index (χ0v) is 13.0. The Kier molecular flexibility index (Phi) is 4.96. The van der Waals surface area contributed by atoms with Crippen LogP contribution in [0.4, 0.5) is 4.39 Å². The summed E-state index contributed by atoms with van der Waals surface area (Å²) < 4.78 is 30.0. The third-order valence-electron chi connectivity index (χ3n) is 3.70. The smallest absolute Gasteiger partial charge is 0.303 e. The molecule has 1 aliphatic rings. The summed E-state index contributed by atoms with van der Waals surface area (Å²) in [5, 5.41) is 8.68. The van der Waals surface area contributed by atoms with Gasteiger partial charge in [-0.05, 0) is 36.2 Å². The molecule has 0 bridgehead atoms. The van der Waals surface area contributed by atoms with E-state index in [0.717, 1.165) is 5.56 Å². The van der Waals surface area contributed by atoms with Crippen LogP contribution in [-0.4, -0.2) is 17.9 Å². The summed E-state index contributed by atoms with van der Waals surface area (Å²) in [7, 11) is 0. The molecular formula is C18H17FO5. The Balaban J connectivity index is 1.65. The highest BCUT2D eigenvalue weighted by atomic mass is 19.1. The highest BCUT2D eigenvalue weighted by molar-refractivity contribution is 5.67. The van der Waals surface area contributed by atoms with Crippen LogP contribution in [-0.2, 0) is 29.2 Å². The van der Waals surface area contributed by atoms with Crippen LogP contribution < -0.4 is 9.47 Å². The number of fused-ring (bicyclic) bond motifs is 1. The first-order valence-electron chi connectivity index (χ1n) is 7.57. The van der Waals surface area contributed by atoms with Crippen LogP contribution in [0.1, 0.15) is 23.1 Å². The van der Waals surface area contributed by atoms with Crippen molar-refractivity contribution in [1.82, 2.24) is 0 Å². The van der Waals surface area contributed by atoms with Gasteiger partial charge in [0, 0.05) is 17.5 Å². The molecule has 0 radical (unpaired) electrons. The lowest BCUT2D eigenvalue weighted by Gasteiger charge is -2.21. The van der Waals surface area contributed by atoms with Crippen LogP contribution in [0.25, 0.3) is 0 Å². The molecule has 0 spiro atoms. The largest absolute Gasteiger partial charge is 0.489 e. The van der Waals surface area contributed by atoms with Gasteiger partial charge in [-0.1, -0.05) is 12.1 Å². The summed E-state index contributed by atoms with van der Waals surface area (Å²) >= 11 is 0. The summed E-state index contributed by atoms with van der Waals surface area (Å²) in [4.78, 5) is 10.6. The Morgan fingerprint density at radius 2 is 2.04 bits per heavy atom. The van der Waals surface area contributed by atoms with E-state index >= 15 is 0 Å². The molecule has 0 aromatic heterocycles. The molecule has 1 N–H and O–H groups in total. The number of carboxylic acid groups (broad SMARTS) is 1. The standard InChI is InChI=1S/C18H17FO5/c19-15-7-13-9-22-11-24-18(13)14(8-15)10-23-16-4-1-12(2-5-16)3-6-17(20)21/h1-2,4-5,7-8H,3,6,9-11H2,(H,20,21). The molecule has 24 heavy (non-hydrogen) atoms. The third-order valence-corrected chi connectivity index (χ3v) is 3.70. The normalized spacial score (nSPS) is 13.0. The number of carboxylic acids is 1. The molecule has 2 aromatic rings. The summed E-state index contributed by atoms with van der Waals surface area (Å²) in [6, 6.07) is 9.98. The average Bonchev–Trinajstić information content (AvgIpc) is 2.58. The van der Waals surface area contributed by atoms with Crippen molar-refractivity contribution in [2.45, 2.75) is 26.1 Å². The van der Waals surface area contributed by atoms with Gasteiger partial charge in [-0.3, -0.25) is 4.79 Å². The second-order valence-corrected chi connectivity index (χ2v) is 5.49. The first-order chi connectivity index (χ1) is 11.6. The quantitative estimate of drug-likeness (QED) is 0.879. The number of aryl methyl sites for hydroxylation is 1. The van der Waals surface area contributed by atoms with Crippen molar-refractivity contribution in [3.05, 3.63) is 58.9 Å². The maximum absolute atomic E-state index is 13.7. The minimum Gasteiger partial charge on any atom is -0.489 e. The predicted octanol–water partition coefficient (Wildman–Crippen LogP) is 3.29. The lowest BCUT2D eigenvalue weighted by molar-refractivity contribution is -0.136. The van der Waals surface area contributed by atoms with Gasteiger partial charge in [0.05, 0.1) is 6.61 Å². The maximum Gasteiger partial charge on any atom is 0.303 e. The molecule has 0 amide bonds. The van der Waals surface area contributed by atoms with Gasteiger partial charge < -0.3 is 19.3 Å². The summed E-state index contributed by atoms with van der Waals surface area (Å²) in [5.41, 5.74) is 2.22. The Hall–Kier alpha value is -2.60. The summed E-state index contributed by atoms with van der Waals surface area (Å²) in [6.45, 7) is 0.636. The van der Waals surface area contributed by atoms with Crippen molar-refractivity contribution >= 4 is 5.97 Å². The van der Waals surface area contributed by atoms with E-state index in [-0.39, 0.29) is 25.6 Å². The summed E-state index contributed by atoms with van der Waals surface area (Å²) in [5.74, 6) is 0.0560. The summed E-state index contributed by atoms with van der Waals surface area (Å²) in [6.07, 6.45) is 0.565. The van der Waals surface area contributed by atoms with Crippen LogP contribution in [0.5, 0.6) is 11.5 Å². The first kappa shape index (κ1) is 16.3. The van der Waals surface area contributed by atoms with E-state index in [1.165, 1.54) is 12.1 Å². The van der Waals surface area contributed by atoms with Crippen LogP contribution in [0.2, 0.25) is 0 Å². The highest BCUT2D eigenvalue weighted by Crippen LogP contribution is 2.30. The van der Waals surface area contributed by atoms with Gasteiger partial charge in [0.2, 0.25) is 0 Å².